The third-order valence-corrected chi connectivity index (χ3v) is 5.11. The summed E-state index contributed by atoms with van der Waals surface area (Å²) >= 11 is 0. The number of rotatable bonds is 7. The monoisotopic (exact) mass is 346 g/mol. The van der Waals surface area contributed by atoms with Gasteiger partial charge >= 0.3 is 0 Å². The Bertz CT molecular complexity index is 550. The summed E-state index contributed by atoms with van der Waals surface area (Å²) in [6.45, 7) is 6.97. The molecule has 1 N–H and O–H groups in total. The van der Waals surface area contributed by atoms with E-state index < -0.39 is 0 Å². The van der Waals surface area contributed by atoms with E-state index in [4.69, 9.17) is 9.47 Å². The lowest BCUT2D eigenvalue weighted by Gasteiger charge is -2.31. The number of hydrogen-bond donors (Lipinski definition) is 1. The summed E-state index contributed by atoms with van der Waals surface area (Å²) in [6, 6.07) is 8.07. The molecule has 2 aliphatic rings. The molecule has 2 heterocycles. The Morgan fingerprint density at radius 3 is 2.88 bits per heavy atom. The zero-order valence-corrected chi connectivity index (χ0v) is 15.2. The first-order valence-electron chi connectivity index (χ1n) is 9.53. The van der Waals surface area contributed by atoms with E-state index in [1.807, 2.05) is 18.2 Å². The largest absolute Gasteiger partial charge is 0.381 e. The van der Waals surface area contributed by atoms with Gasteiger partial charge in [0.05, 0.1) is 25.9 Å². The van der Waals surface area contributed by atoms with Crippen LogP contribution in [0.5, 0.6) is 0 Å². The summed E-state index contributed by atoms with van der Waals surface area (Å²) in [5.41, 5.74) is 2.13. The fraction of sp³-hybridized carbons (Fsp3) is 0.650. The third-order valence-electron chi connectivity index (χ3n) is 5.11. The molecule has 2 aliphatic heterocycles. The maximum Gasteiger partial charge on any atom is 0.238 e. The van der Waals surface area contributed by atoms with Crippen molar-refractivity contribution >= 4 is 11.6 Å². The van der Waals surface area contributed by atoms with Gasteiger partial charge < -0.3 is 14.8 Å². The Morgan fingerprint density at radius 2 is 2.16 bits per heavy atom. The first kappa shape index (κ1) is 18.4. The average Bonchev–Trinajstić information content (AvgIpc) is 3.15. The van der Waals surface area contributed by atoms with Crippen LogP contribution in [-0.2, 0) is 20.7 Å². The predicted molar refractivity (Wildman–Crippen MR) is 98.8 cm³/mol. The Hall–Kier alpha value is -1.43. The molecule has 1 atom stereocenters. The standard InChI is InChI=1S/C20H30N2O3/c1-2-16-4-3-5-18(12-16)21-20(23)13-22-9-6-19(7-10-22)25-15-17-8-11-24-14-17/h3-5,12,17,19H,2,6-11,13-15H2,1H3,(H,21,23). The highest BCUT2D eigenvalue weighted by Crippen LogP contribution is 2.18. The van der Waals surface area contributed by atoms with E-state index in [2.05, 4.69) is 23.2 Å². The summed E-state index contributed by atoms with van der Waals surface area (Å²) in [6.07, 6.45) is 4.45. The lowest BCUT2D eigenvalue weighted by Crippen LogP contribution is -2.41. The van der Waals surface area contributed by atoms with Crippen molar-refractivity contribution in [2.24, 2.45) is 5.92 Å². The number of piperidine rings is 1. The molecule has 2 saturated heterocycles. The van der Waals surface area contributed by atoms with E-state index in [-0.39, 0.29) is 5.91 Å². The Kier molecular flexibility index (Phi) is 6.84. The lowest BCUT2D eigenvalue weighted by molar-refractivity contribution is -0.118. The smallest absolute Gasteiger partial charge is 0.238 e. The van der Waals surface area contributed by atoms with Crippen molar-refractivity contribution < 1.29 is 14.3 Å². The molecule has 0 aromatic heterocycles. The minimum absolute atomic E-state index is 0.0655. The minimum atomic E-state index is 0.0655. The summed E-state index contributed by atoms with van der Waals surface area (Å²) < 4.78 is 11.4. The van der Waals surface area contributed by atoms with E-state index in [0.29, 0.717) is 18.6 Å². The first-order chi connectivity index (χ1) is 12.2. The zero-order chi connectivity index (χ0) is 17.5. The molecule has 3 rings (SSSR count). The molecule has 138 valence electrons. The molecule has 1 aromatic rings. The van der Waals surface area contributed by atoms with Gasteiger partial charge in [-0.2, -0.15) is 0 Å². The molecule has 0 bridgehead atoms. The van der Waals surface area contributed by atoms with E-state index in [1.165, 1.54) is 5.56 Å². The Balaban J connectivity index is 1.35. The van der Waals surface area contributed by atoms with Crippen LogP contribution in [0, 0.1) is 5.92 Å². The van der Waals surface area contributed by atoms with Crippen LogP contribution in [0.2, 0.25) is 0 Å². The molecule has 0 aliphatic carbocycles. The second kappa shape index (κ2) is 9.32. The molecular weight excluding hydrogens is 316 g/mol. The highest BCUT2D eigenvalue weighted by Gasteiger charge is 2.23. The number of amides is 1. The summed E-state index contributed by atoms with van der Waals surface area (Å²) in [5.74, 6) is 0.637. The van der Waals surface area contributed by atoms with Crippen molar-refractivity contribution in [3.8, 4) is 0 Å². The normalized spacial score (nSPS) is 22.2. The number of carbonyl (C=O) groups is 1. The van der Waals surface area contributed by atoms with Crippen molar-refractivity contribution in [3.05, 3.63) is 29.8 Å². The van der Waals surface area contributed by atoms with Gasteiger partial charge in [-0.15, -0.1) is 0 Å². The molecule has 1 unspecified atom stereocenters. The van der Waals surface area contributed by atoms with E-state index >= 15 is 0 Å². The molecular formula is C20H30N2O3. The highest BCUT2D eigenvalue weighted by atomic mass is 16.5. The van der Waals surface area contributed by atoms with Gasteiger partial charge in [-0.1, -0.05) is 19.1 Å². The SMILES string of the molecule is CCc1cccc(NC(=O)CN2CCC(OCC3CCOC3)CC2)c1. The summed E-state index contributed by atoms with van der Waals surface area (Å²) in [7, 11) is 0. The molecule has 25 heavy (non-hydrogen) atoms. The molecule has 0 radical (unpaired) electrons. The molecule has 1 amide bonds. The van der Waals surface area contributed by atoms with Crippen LogP contribution in [-0.4, -0.2) is 56.4 Å². The van der Waals surface area contributed by atoms with Gasteiger partial charge in [0.25, 0.3) is 0 Å². The van der Waals surface area contributed by atoms with Gasteiger partial charge in [-0.25, -0.2) is 0 Å². The number of nitrogens with zero attached hydrogens (tertiary/aromatic N) is 1. The van der Waals surface area contributed by atoms with Crippen LogP contribution in [0.3, 0.4) is 0 Å². The van der Waals surface area contributed by atoms with Gasteiger partial charge in [-0.3, -0.25) is 9.69 Å². The number of aryl methyl sites for hydroxylation is 1. The number of likely N-dealkylation sites (tertiary alicyclic amines) is 1. The van der Waals surface area contributed by atoms with Crippen LogP contribution in [0.25, 0.3) is 0 Å². The maximum absolute atomic E-state index is 12.3. The summed E-state index contributed by atoms with van der Waals surface area (Å²) in [5, 5.41) is 3.01. The molecule has 1 aromatic carbocycles. The topological polar surface area (TPSA) is 50.8 Å². The van der Waals surface area contributed by atoms with Gasteiger partial charge in [0.2, 0.25) is 5.91 Å². The van der Waals surface area contributed by atoms with Crippen LogP contribution >= 0.6 is 0 Å². The lowest BCUT2D eigenvalue weighted by atomic mass is 10.1. The van der Waals surface area contributed by atoms with Gasteiger partial charge in [-0.05, 0) is 43.4 Å². The maximum atomic E-state index is 12.3. The summed E-state index contributed by atoms with van der Waals surface area (Å²) in [4.78, 5) is 14.5. The van der Waals surface area contributed by atoms with Crippen molar-refractivity contribution in [3.63, 3.8) is 0 Å². The fourth-order valence-corrected chi connectivity index (χ4v) is 3.49. The number of hydrogen-bond acceptors (Lipinski definition) is 4. The number of anilines is 1. The highest BCUT2D eigenvalue weighted by molar-refractivity contribution is 5.92. The molecule has 0 spiro atoms. The van der Waals surface area contributed by atoms with Gasteiger partial charge in [0.15, 0.2) is 0 Å². The van der Waals surface area contributed by atoms with E-state index in [1.54, 1.807) is 0 Å². The number of ether oxygens (including phenoxy) is 2. The Morgan fingerprint density at radius 1 is 1.32 bits per heavy atom. The molecule has 2 fully saturated rings. The van der Waals surface area contributed by atoms with Crippen LogP contribution in [0.15, 0.2) is 24.3 Å². The van der Waals surface area contributed by atoms with Crippen LogP contribution in [0.4, 0.5) is 5.69 Å². The Labute approximate surface area is 150 Å². The van der Waals surface area contributed by atoms with Crippen LogP contribution < -0.4 is 5.32 Å². The quantitative estimate of drug-likeness (QED) is 0.825. The van der Waals surface area contributed by atoms with Gasteiger partial charge in [0.1, 0.15) is 0 Å². The number of nitrogens with one attached hydrogen (secondary N) is 1. The molecule has 5 nitrogen and oxygen atoms in total. The van der Waals surface area contributed by atoms with Crippen LogP contribution in [0.1, 0.15) is 31.7 Å². The fourth-order valence-electron chi connectivity index (χ4n) is 3.49. The van der Waals surface area contributed by atoms with Crippen molar-refractivity contribution in [2.45, 2.75) is 38.7 Å². The third kappa shape index (κ3) is 5.80. The first-order valence-corrected chi connectivity index (χ1v) is 9.53. The minimum Gasteiger partial charge on any atom is -0.381 e. The van der Waals surface area contributed by atoms with Gasteiger partial charge in [0, 0.05) is 31.3 Å². The van der Waals surface area contributed by atoms with Crippen molar-refractivity contribution in [1.29, 1.82) is 0 Å². The van der Waals surface area contributed by atoms with Crippen molar-refractivity contribution in [1.82, 2.24) is 4.90 Å². The average molecular weight is 346 g/mol. The number of carbonyl (C=O) groups excluding carboxylic acids is 1. The van der Waals surface area contributed by atoms with E-state index in [9.17, 15) is 4.79 Å². The van der Waals surface area contributed by atoms with Crippen molar-refractivity contribution in [2.75, 3.05) is 44.8 Å². The second-order valence-corrected chi connectivity index (χ2v) is 7.14. The number of benzene rings is 1. The van der Waals surface area contributed by atoms with E-state index in [0.717, 1.165) is 64.3 Å². The molecule has 5 heteroatoms. The second-order valence-electron chi connectivity index (χ2n) is 7.14. The zero-order valence-electron chi connectivity index (χ0n) is 15.2. The molecule has 0 saturated carbocycles. The predicted octanol–water partition coefficient (Wildman–Crippen LogP) is 2.71.